The third-order valence-corrected chi connectivity index (χ3v) is 2.81. The van der Waals surface area contributed by atoms with Gasteiger partial charge in [0.05, 0.1) is 19.6 Å². The number of carbonyl (C=O) groups excluding carboxylic acids is 2. The van der Waals surface area contributed by atoms with Gasteiger partial charge in [-0.2, -0.15) is 5.26 Å². The Labute approximate surface area is 141 Å². The number of nitrogens with one attached hydrogen (secondary N) is 2. The average Bonchev–Trinajstić information content (AvgIpc) is 2.57. The standard InChI is InChI=1S/C17H21N3O4/c1-3-23-15-7-5-14(6-8-15)20-17(22)13(11-18)12-19-10-9-16(21)24-4-2/h5-8,12,19H,3-4,9-10H2,1-2H3,(H,20,22)/b13-12-. The molecule has 0 spiro atoms. The van der Waals surface area contributed by atoms with Crippen molar-refractivity contribution in [2.75, 3.05) is 25.1 Å². The van der Waals surface area contributed by atoms with E-state index in [1.165, 1.54) is 6.20 Å². The first-order valence-electron chi connectivity index (χ1n) is 7.64. The van der Waals surface area contributed by atoms with Gasteiger partial charge in [-0.1, -0.05) is 0 Å². The van der Waals surface area contributed by atoms with Crippen LogP contribution in [0.3, 0.4) is 0 Å². The van der Waals surface area contributed by atoms with Crippen LogP contribution in [0.5, 0.6) is 5.75 Å². The zero-order valence-electron chi connectivity index (χ0n) is 13.8. The molecule has 2 N–H and O–H groups in total. The number of esters is 1. The Balaban J connectivity index is 2.52. The van der Waals surface area contributed by atoms with Crippen molar-refractivity contribution >= 4 is 17.6 Å². The fourth-order valence-corrected chi connectivity index (χ4v) is 1.73. The summed E-state index contributed by atoms with van der Waals surface area (Å²) in [6.07, 6.45) is 1.44. The molecule has 0 radical (unpaired) electrons. The molecule has 1 amide bonds. The summed E-state index contributed by atoms with van der Waals surface area (Å²) in [5.74, 6) is -0.173. The predicted molar refractivity (Wildman–Crippen MR) is 89.2 cm³/mol. The minimum absolute atomic E-state index is 0.0901. The molecular formula is C17H21N3O4. The minimum Gasteiger partial charge on any atom is -0.494 e. The number of amides is 1. The second-order valence-electron chi connectivity index (χ2n) is 4.59. The van der Waals surface area contributed by atoms with Gasteiger partial charge in [-0.3, -0.25) is 9.59 Å². The van der Waals surface area contributed by atoms with Gasteiger partial charge in [0.2, 0.25) is 0 Å². The van der Waals surface area contributed by atoms with Crippen LogP contribution in [0.4, 0.5) is 5.69 Å². The van der Waals surface area contributed by atoms with Gasteiger partial charge in [-0.05, 0) is 38.1 Å². The Morgan fingerprint density at radius 3 is 2.50 bits per heavy atom. The largest absolute Gasteiger partial charge is 0.494 e. The highest BCUT2D eigenvalue weighted by Gasteiger charge is 2.09. The Hall–Kier alpha value is -3.01. The molecule has 0 aliphatic rings. The first-order chi connectivity index (χ1) is 11.6. The lowest BCUT2D eigenvalue weighted by molar-refractivity contribution is -0.142. The predicted octanol–water partition coefficient (Wildman–Crippen LogP) is 1.97. The highest BCUT2D eigenvalue weighted by Crippen LogP contribution is 2.16. The van der Waals surface area contributed by atoms with E-state index in [0.717, 1.165) is 0 Å². The van der Waals surface area contributed by atoms with Crippen molar-refractivity contribution < 1.29 is 19.1 Å². The molecule has 0 heterocycles. The summed E-state index contributed by atoms with van der Waals surface area (Å²) < 4.78 is 10.1. The summed E-state index contributed by atoms with van der Waals surface area (Å²) in [7, 11) is 0. The van der Waals surface area contributed by atoms with Gasteiger partial charge in [0.25, 0.3) is 5.91 Å². The zero-order chi connectivity index (χ0) is 17.8. The molecule has 1 aromatic carbocycles. The zero-order valence-corrected chi connectivity index (χ0v) is 13.8. The number of hydrogen-bond acceptors (Lipinski definition) is 6. The Bertz CT molecular complexity index is 618. The van der Waals surface area contributed by atoms with Crippen LogP contribution in [-0.2, 0) is 14.3 Å². The van der Waals surface area contributed by atoms with Crippen LogP contribution < -0.4 is 15.4 Å². The van der Waals surface area contributed by atoms with Crippen LogP contribution in [-0.4, -0.2) is 31.6 Å². The van der Waals surface area contributed by atoms with E-state index >= 15 is 0 Å². The molecule has 0 unspecified atom stereocenters. The van der Waals surface area contributed by atoms with E-state index in [0.29, 0.717) is 24.7 Å². The maximum atomic E-state index is 12.0. The molecule has 7 heteroatoms. The van der Waals surface area contributed by atoms with Crippen molar-refractivity contribution in [3.63, 3.8) is 0 Å². The number of anilines is 1. The maximum absolute atomic E-state index is 12.0. The van der Waals surface area contributed by atoms with Crippen LogP contribution in [0, 0.1) is 11.3 Å². The lowest BCUT2D eigenvalue weighted by Gasteiger charge is -2.07. The molecule has 0 saturated heterocycles. The summed E-state index contributed by atoms with van der Waals surface area (Å²) >= 11 is 0. The molecule has 0 saturated carbocycles. The van der Waals surface area contributed by atoms with Crippen molar-refractivity contribution in [3.8, 4) is 11.8 Å². The molecule has 7 nitrogen and oxygen atoms in total. The van der Waals surface area contributed by atoms with E-state index in [4.69, 9.17) is 14.7 Å². The van der Waals surface area contributed by atoms with Crippen LogP contribution >= 0.6 is 0 Å². The molecule has 0 aromatic heterocycles. The lowest BCUT2D eigenvalue weighted by atomic mass is 10.2. The Kier molecular flexibility index (Phi) is 8.47. The number of nitriles is 1. The molecule has 0 atom stereocenters. The van der Waals surface area contributed by atoms with Crippen molar-refractivity contribution in [2.24, 2.45) is 0 Å². The van der Waals surface area contributed by atoms with Crippen LogP contribution in [0.15, 0.2) is 36.0 Å². The van der Waals surface area contributed by atoms with E-state index in [-0.39, 0.29) is 24.5 Å². The monoisotopic (exact) mass is 331 g/mol. The summed E-state index contributed by atoms with van der Waals surface area (Å²) in [5, 5.41) is 14.4. The molecule has 1 aromatic rings. The fraction of sp³-hybridized carbons (Fsp3) is 0.353. The fourth-order valence-electron chi connectivity index (χ4n) is 1.73. The molecular weight excluding hydrogens is 310 g/mol. The Morgan fingerprint density at radius 1 is 1.21 bits per heavy atom. The molecule has 128 valence electrons. The van der Waals surface area contributed by atoms with Gasteiger partial charge >= 0.3 is 5.97 Å². The summed E-state index contributed by atoms with van der Waals surface area (Å²) in [4.78, 5) is 23.2. The second-order valence-corrected chi connectivity index (χ2v) is 4.59. The van der Waals surface area contributed by atoms with E-state index in [1.54, 1.807) is 31.2 Å². The minimum atomic E-state index is -0.537. The SMILES string of the molecule is CCOC(=O)CCN/C=C(/C#N)C(=O)Nc1ccc(OCC)cc1. The Morgan fingerprint density at radius 2 is 1.92 bits per heavy atom. The highest BCUT2D eigenvalue weighted by molar-refractivity contribution is 6.06. The van der Waals surface area contributed by atoms with Gasteiger partial charge < -0.3 is 20.1 Å². The summed E-state index contributed by atoms with van der Waals surface area (Å²) in [5.41, 5.74) is 0.462. The van der Waals surface area contributed by atoms with E-state index < -0.39 is 5.91 Å². The highest BCUT2D eigenvalue weighted by atomic mass is 16.5. The molecule has 0 fully saturated rings. The van der Waals surface area contributed by atoms with Gasteiger partial charge in [0.1, 0.15) is 17.4 Å². The van der Waals surface area contributed by atoms with E-state index in [2.05, 4.69) is 10.6 Å². The van der Waals surface area contributed by atoms with Gasteiger partial charge in [0.15, 0.2) is 0 Å². The quantitative estimate of drug-likeness (QED) is 0.310. The van der Waals surface area contributed by atoms with Crippen molar-refractivity contribution in [3.05, 3.63) is 36.0 Å². The third kappa shape index (κ3) is 6.83. The topological polar surface area (TPSA) is 100 Å². The third-order valence-electron chi connectivity index (χ3n) is 2.81. The molecule has 24 heavy (non-hydrogen) atoms. The molecule has 0 aliphatic heterocycles. The number of hydrogen-bond donors (Lipinski definition) is 2. The maximum Gasteiger partial charge on any atom is 0.307 e. The average molecular weight is 331 g/mol. The van der Waals surface area contributed by atoms with Gasteiger partial charge in [0, 0.05) is 18.4 Å². The van der Waals surface area contributed by atoms with Crippen LogP contribution in [0.1, 0.15) is 20.3 Å². The van der Waals surface area contributed by atoms with Gasteiger partial charge in [-0.25, -0.2) is 0 Å². The number of ether oxygens (including phenoxy) is 2. The first kappa shape index (κ1) is 19.0. The smallest absolute Gasteiger partial charge is 0.307 e. The van der Waals surface area contributed by atoms with E-state index in [9.17, 15) is 9.59 Å². The normalized spacial score (nSPS) is 10.5. The number of carbonyl (C=O) groups is 2. The van der Waals surface area contributed by atoms with E-state index in [1.807, 2.05) is 13.0 Å². The second kappa shape index (κ2) is 10.7. The lowest BCUT2D eigenvalue weighted by Crippen LogP contribution is -2.19. The van der Waals surface area contributed by atoms with Crippen molar-refractivity contribution in [1.82, 2.24) is 5.32 Å². The summed E-state index contributed by atoms with van der Waals surface area (Å²) in [6, 6.07) is 8.64. The number of nitrogens with zero attached hydrogens (tertiary/aromatic N) is 1. The van der Waals surface area contributed by atoms with Crippen molar-refractivity contribution in [1.29, 1.82) is 5.26 Å². The number of rotatable bonds is 9. The molecule has 1 rings (SSSR count). The van der Waals surface area contributed by atoms with Crippen molar-refractivity contribution in [2.45, 2.75) is 20.3 Å². The first-order valence-corrected chi connectivity index (χ1v) is 7.64. The molecule has 0 bridgehead atoms. The summed E-state index contributed by atoms with van der Waals surface area (Å²) in [6.45, 7) is 4.77. The number of benzene rings is 1. The van der Waals surface area contributed by atoms with Crippen LogP contribution in [0.2, 0.25) is 0 Å². The molecule has 0 aliphatic carbocycles. The van der Waals surface area contributed by atoms with Gasteiger partial charge in [-0.15, -0.1) is 0 Å². The van der Waals surface area contributed by atoms with Crippen LogP contribution in [0.25, 0.3) is 0 Å².